The average Bonchev–Trinajstić information content (AvgIpc) is 3.45. The quantitative estimate of drug-likeness (QED) is 0.458. The van der Waals surface area contributed by atoms with Gasteiger partial charge in [-0.25, -0.2) is 24.3 Å². The number of aromatic nitrogens is 9. The first kappa shape index (κ1) is 17.3. The minimum absolute atomic E-state index is 0.233. The van der Waals surface area contributed by atoms with Crippen molar-refractivity contribution in [3.8, 4) is 33.9 Å². The van der Waals surface area contributed by atoms with Gasteiger partial charge in [-0.15, -0.1) is 0 Å². The zero-order valence-electron chi connectivity index (χ0n) is 15.8. The Kier molecular flexibility index (Phi) is 3.75. The summed E-state index contributed by atoms with van der Waals surface area (Å²) in [4.78, 5) is 28.7. The van der Waals surface area contributed by atoms with E-state index in [1.54, 1.807) is 18.6 Å². The number of nitrogens with one attached hydrogen (secondary N) is 2. The summed E-state index contributed by atoms with van der Waals surface area (Å²) in [5.74, 6) is -0.0730. The van der Waals surface area contributed by atoms with Crippen LogP contribution in [0.4, 0.5) is 4.39 Å². The average molecular weight is 409 g/mol. The van der Waals surface area contributed by atoms with Crippen molar-refractivity contribution in [1.29, 1.82) is 0 Å². The van der Waals surface area contributed by atoms with E-state index in [1.165, 1.54) is 24.9 Å². The number of hydrogen-bond acceptors (Lipinski definition) is 7. The predicted octanol–water partition coefficient (Wildman–Crippen LogP) is 3.55. The fourth-order valence-electron chi connectivity index (χ4n) is 3.53. The number of hydrogen-bond donors (Lipinski definition) is 2. The van der Waals surface area contributed by atoms with Crippen molar-refractivity contribution in [2.75, 3.05) is 0 Å². The third-order valence-corrected chi connectivity index (χ3v) is 4.96. The molecule has 6 aromatic heterocycles. The lowest BCUT2D eigenvalue weighted by atomic mass is 10.1. The van der Waals surface area contributed by atoms with Crippen molar-refractivity contribution >= 4 is 22.1 Å². The highest BCUT2D eigenvalue weighted by Gasteiger charge is 2.21. The van der Waals surface area contributed by atoms with Crippen LogP contribution < -0.4 is 0 Å². The normalized spacial score (nSPS) is 11.4. The van der Waals surface area contributed by atoms with E-state index < -0.39 is 5.82 Å². The number of aromatic amines is 2. The van der Waals surface area contributed by atoms with E-state index in [0.29, 0.717) is 33.9 Å². The molecule has 6 aromatic rings. The first-order valence-electron chi connectivity index (χ1n) is 9.33. The molecule has 0 spiro atoms. The van der Waals surface area contributed by atoms with Gasteiger partial charge in [0.1, 0.15) is 23.4 Å². The molecule has 0 amide bonds. The van der Waals surface area contributed by atoms with E-state index in [9.17, 15) is 0 Å². The summed E-state index contributed by atoms with van der Waals surface area (Å²) in [6.07, 6.45) is 11.0. The van der Waals surface area contributed by atoms with Gasteiger partial charge in [-0.1, -0.05) is 0 Å². The summed E-state index contributed by atoms with van der Waals surface area (Å²) in [5.41, 5.74) is 4.35. The number of nitrogens with zero attached hydrogens (tertiary/aromatic N) is 7. The number of pyridine rings is 3. The Balaban J connectivity index is 1.56. The minimum Gasteiger partial charge on any atom is -0.336 e. The van der Waals surface area contributed by atoms with Gasteiger partial charge in [0.25, 0.3) is 0 Å². The standard InChI is InChI=1S/C21H12FN9/c22-16-13(12-7-24-10-25-8-12)9-27-20-15(16)19(30-31-20)21-28-14-3-5-26-17(18(14)29-21)11-2-1-4-23-6-11/h1-10H,(H,28,29)(H,27,30,31). The molecule has 6 heterocycles. The molecule has 0 bridgehead atoms. The Morgan fingerprint density at radius 2 is 1.71 bits per heavy atom. The van der Waals surface area contributed by atoms with E-state index in [1.807, 2.05) is 18.2 Å². The van der Waals surface area contributed by atoms with Gasteiger partial charge in [0.15, 0.2) is 11.5 Å². The molecule has 0 saturated heterocycles. The SMILES string of the molecule is Fc1c(-c2cncnc2)cnc2[nH]nc(-c3nc4c(-c5cccnc5)nccc4[nH]3)c12. The molecule has 0 aliphatic heterocycles. The van der Waals surface area contributed by atoms with Crippen molar-refractivity contribution in [2.45, 2.75) is 0 Å². The van der Waals surface area contributed by atoms with Crippen LogP contribution in [0.2, 0.25) is 0 Å². The van der Waals surface area contributed by atoms with Gasteiger partial charge in [-0.2, -0.15) is 5.10 Å². The Morgan fingerprint density at radius 3 is 2.55 bits per heavy atom. The monoisotopic (exact) mass is 409 g/mol. The van der Waals surface area contributed by atoms with Gasteiger partial charge < -0.3 is 4.98 Å². The second-order valence-electron chi connectivity index (χ2n) is 6.79. The second-order valence-corrected chi connectivity index (χ2v) is 6.79. The molecule has 0 radical (unpaired) electrons. The molecule has 0 fully saturated rings. The smallest absolute Gasteiger partial charge is 0.159 e. The highest BCUT2D eigenvalue weighted by molar-refractivity contribution is 5.96. The second kappa shape index (κ2) is 6.73. The number of H-pyrrole nitrogens is 2. The van der Waals surface area contributed by atoms with Crippen molar-refractivity contribution in [3.63, 3.8) is 0 Å². The zero-order valence-corrected chi connectivity index (χ0v) is 15.8. The molecular weight excluding hydrogens is 397 g/mol. The van der Waals surface area contributed by atoms with Gasteiger partial charge >= 0.3 is 0 Å². The minimum atomic E-state index is -0.477. The van der Waals surface area contributed by atoms with Crippen molar-refractivity contribution in [3.05, 3.63) is 67.5 Å². The molecule has 31 heavy (non-hydrogen) atoms. The maximum absolute atomic E-state index is 15.5. The molecule has 0 saturated carbocycles. The van der Waals surface area contributed by atoms with E-state index in [4.69, 9.17) is 0 Å². The first-order valence-corrected chi connectivity index (χ1v) is 9.33. The van der Waals surface area contributed by atoms with Crippen molar-refractivity contribution in [2.24, 2.45) is 0 Å². The van der Waals surface area contributed by atoms with Gasteiger partial charge in [0, 0.05) is 53.9 Å². The van der Waals surface area contributed by atoms with Crippen LogP contribution in [0, 0.1) is 5.82 Å². The maximum atomic E-state index is 15.5. The Hall–Kier alpha value is -4.60. The number of rotatable bonds is 3. The largest absolute Gasteiger partial charge is 0.336 e. The van der Waals surface area contributed by atoms with Crippen LogP contribution in [0.25, 0.3) is 56.0 Å². The molecule has 0 unspecified atom stereocenters. The molecule has 10 heteroatoms. The fourth-order valence-corrected chi connectivity index (χ4v) is 3.53. The summed E-state index contributed by atoms with van der Waals surface area (Å²) in [6.45, 7) is 0. The van der Waals surface area contributed by atoms with Crippen LogP contribution in [0.1, 0.15) is 0 Å². The third-order valence-electron chi connectivity index (χ3n) is 4.96. The summed E-state index contributed by atoms with van der Waals surface area (Å²) < 4.78 is 15.5. The predicted molar refractivity (Wildman–Crippen MR) is 111 cm³/mol. The summed E-state index contributed by atoms with van der Waals surface area (Å²) >= 11 is 0. The lowest BCUT2D eigenvalue weighted by Gasteiger charge is -2.03. The zero-order chi connectivity index (χ0) is 20.8. The summed E-state index contributed by atoms with van der Waals surface area (Å²) in [7, 11) is 0. The lowest BCUT2D eigenvalue weighted by molar-refractivity contribution is 0.642. The fraction of sp³-hybridized carbons (Fsp3) is 0. The van der Waals surface area contributed by atoms with Crippen LogP contribution in [-0.2, 0) is 0 Å². The van der Waals surface area contributed by atoms with E-state index in [2.05, 4.69) is 45.1 Å². The Morgan fingerprint density at radius 1 is 0.839 bits per heavy atom. The van der Waals surface area contributed by atoms with Crippen LogP contribution >= 0.6 is 0 Å². The van der Waals surface area contributed by atoms with E-state index >= 15 is 4.39 Å². The molecule has 0 aliphatic rings. The Bertz CT molecular complexity index is 1540. The molecular formula is C21H12FN9. The molecule has 2 N–H and O–H groups in total. The molecule has 9 nitrogen and oxygen atoms in total. The van der Waals surface area contributed by atoms with Gasteiger partial charge in [-0.05, 0) is 18.2 Å². The topological polar surface area (TPSA) is 122 Å². The number of halogens is 1. The first-order chi connectivity index (χ1) is 15.3. The number of fused-ring (bicyclic) bond motifs is 2. The highest BCUT2D eigenvalue weighted by atomic mass is 19.1. The van der Waals surface area contributed by atoms with Crippen molar-refractivity contribution < 1.29 is 4.39 Å². The maximum Gasteiger partial charge on any atom is 0.159 e. The summed E-state index contributed by atoms with van der Waals surface area (Å²) in [6, 6.07) is 5.55. The van der Waals surface area contributed by atoms with Gasteiger partial charge in [0.2, 0.25) is 0 Å². The highest BCUT2D eigenvalue weighted by Crippen LogP contribution is 2.33. The van der Waals surface area contributed by atoms with Gasteiger partial charge in [-0.3, -0.25) is 15.1 Å². The Labute approximate surface area is 173 Å². The third kappa shape index (κ3) is 2.73. The van der Waals surface area contributed by atoms with Gasteiger partial charge in [0.05, 0.1) is 16.6 Å². The number of imidazole rings is 1. The lowest BCUT2D eigenvalue weighted by Crippen LogP contribution is -1.92. The molecule has 148 valence electrons. The molecule has 0 aliphatic carbocycles. The van der Waals surface area contributed by atoms with Crippen LogP contribution in [0.15, 0.2) is 61.7 Å². The molecule has 0 atom stereocenters. The molecule has 6 rings (SSSR count). The molecule has 0 aromatic carbocycles. The van der Waals surface area contributed by atoms with Crippen LogP contribution in [0.5, 0.6) is 0 Å². The van der Waals surface area contributed by atoms with Crippen LogP contribution in [-0.4, -0.2) is 45.1 Å². The van der Waals surface area contributed by atoms with E-state index in [0.717, 1.165) is 11.1 Å². The summed E-state index contributed by atoms with van der Waals surface area (Å²) in [5, 5.41) is 7.29. The van der Waals surface area contributed by atoms with Crippen LogP contribution in [0.3, 0.4) is 0 Å². The van der Waals surface area contributed by atoms with E-state index in [-0.39, 0.29) is 10.9 Å². The van der Waals surface area contributed by atoms with Crippen molar-refractivity contribution in [1.82, 2.24) is 45.1 Å².